The lowest BCUT2D eigenvalue weighted by Crippen LogP contribution is -2.22. The number of nitriles is 1. The molecule has 0 heterocycles. The number of amides is 1. The summed E-state index contributed by atoms with van der Waals surface area (Å²) in [6.45, 7) is 2.24. The molecule has 0 saturated heterocycles. The van der Waals surface area contributed by atoms with Gasteiger partial charge in [-0.05, 0) is 24.6 Å². The van der Waals surface area contributed by atoms with Gasteiger partial charge < -0.3 is 10.1 Å². The van der Waals surface area contributed by atoms with E-state index in [1.54, 1.807) is 19.2 Å². The number of benzene rings is 1. The van der Waals surface area contributed by atoms with E-state index in [2.05, 4.69) is 5.32 Å². The summed E-state index contributed by atoms with van der Waals surface area (Å²) in [5.41, 5.74) is 1.75. The molecule has 0 spiro atoms. The molecule has 1 aromatic carbocycles. The van der Waals surface area contributed by atoms with E-state index in [-0.39, 0.29) is 18.7 Å². The first kappa shape index (κ1) is 14.3. The Hall–Kier alpha value is -1.73. The molecule has 0 aliphatic carbocycles. The average Bonchev–Trinajstić information content (AvgIpc) is 2.33. The van der Waals surface area contributed by atoms with Gasteiger partial charge in [-0.2, -0.15) is 5.26 Å². The smallest absolute Gasteiger partial charge is 0.221 e. The Bertz CT molecular complexity index is 481. The average molecular weight is 267 g/mol. The lowest BCUT2D eigenvalue weighted by atomic mass is 10.1. The Morgan fingerprint density at radius 2 is 2.28 bits per heavy atom. The predicted molar refractivity (Wildman–Crippen MR) is 69.4 cm³/mol. The van der Waals surface area contributed by atoms with E-state index in [1.165, 1.54) is 0 Å². The number of nitrogens with zero attached hydrogens (tertiary/aromatic N) is 1. The number of hydrogen-bond acceptors (Lipinski definition) is 3. The Kier molecular flexibility index (Phi) is 5.47. The summed E-state index contributed by atoms with van der Waals surface area (Å²) in [4.78, 5) is 11.4. The molecular formula is C13H15ClN2O2. The molecule has 0 unspecified atom stereocenters. The van der Waals surface area contributed by atoms with Crippen LogP contribution >= 0.6 is 11.6 Å². The van der Waals surface area contributed by atoms with Crippen LogP contribution in [0.4, 0.5) is 0 Å². The summed E-state index contributed by atoms with van der Waals surface area (Å²) >= 11 is 5.97. The Morgan fingerprint density at radius 1 is 1.56 bits per heavy atom. The molecule has 1 rings (SSSR count). The molecule has 0 fully saturated rings. The summed E-state index contributed by atoms with van der Waals surface area (Å²) in [7, 11) is 1.58. The first-order chi connectivity index (χ1) is 8.58. The molecule has 0 saturated carbocycles. The van der Waals surface area contributed by atoms with Gasteiger partial charge in [-0.15, -0.1) is 0 Å². The highest BCUT2D eigenvalue weighted by molar-refractivity contribution is 6.30. The molecule has 1 N–H and O–H groups in total. The third kappa shape index (κ3) is 3.94. The van der Waals surface area contributed by atoms with Crippen LogP contribution in [0.2, 0.25) is 5.02 Å². The number of methoxy groups -OCH3 is 1. The number of aryl methyl sites for hydroxylation is 1. The standard InChI is InChI=1S/C13H15ClN2O2/c1-9-6-11(14)7-10(13(9)18-2)8-16-12(17)4-3-5-15/h6-7H,3-4,8H2,1-2H3,(H,16,17). The molecule has 1 aromatic rings. The molecule has 4 nitrogen and oxygen atoms in total. The number of carbonyl (C=O) groups excluding carboxylic acids is 1. The zero-order valence-corrected chi connectivity index (χ0v) is 11.2. The van der Waals surface area contributed by atoms with Crippen LogP contribution < -0.4 is 10.1 Å². The molecule has 96 valence electrons. The summed E-state index contributed by atoms with van der Waals surface area (Å²) in [6.07, 6.45) is 0.426. The number of halogens is 1. The summed E-state index contributed by atoms with van der Waals surface area (Å²) < 4.78 is 5.28. The number of carbonyl (C=O) groups is 1. The molecule has 0 radical (unpaired) electrons. The summed E-state index contributed by atoms with van der Waals surface area (Å²) in [6, 6.07) is 5.50. The quantitative estimate of drug-likeness (QED) is 0.891. The minimum absolute atomic E-state index is 0.156. The van der Waals surface area contributed by atoms with Crippen molar-refractivity contribution in [3.05, 3.63) is 28.3 Å². The van der Waals surface area contributed by atoms with Crippen LogP contribution in [-0.4, -0.2) is 13.0 Å². The zero-order valence-electron chi connectivity index (χ0n) is 10.4. The van der Waals surface area contributed by atoms with Gasteiger partial charge in [-0.3, -0.25) is 4.79 Å². The van der Waals surface area contributed by atoms with Crippen molar-refractivity contribution in [1.82, 2.24) is 5.32 Å². The maximum Gasteiger partial charge on any atom is 0.221 e. The van der Waals surface area contributed by atoms with Crippen LogP contribution in [0.1, 0.15) is 24.0 Å². The topological polar surface area (TPSA) is 62.1 Å². The monoisotopic (exact) mass is 266 g/mol. The minimum Gasteiger partial charge on any atom is -0.496 e. The van der Waals surface area contributed by atoms with Gasteiger partial charge in [0.05, 0.1) is 13.2 Å². The molecule has 5 heteroatoms. The van der Waals surface area contributed by atoms with Gasteiger partial charge in [0.25, 0.3) is 0 Å². The molecule has 0 atom stereocenters. The lowest BCUT2D eigenvalue weighted by Gasteiger charge is -2.12. The van der Waals surface area contributed by atoms with Crippen LogP contribution in [0, 0.1) is 18.3 Å². The van der Waals surface area contributed by atoms with Crippen molar-refractivity contribution in [2.45, 2.75) is 26.3 Å². The highest BCUT2D eigenvalue weighted by atomic mass is 35.5. The predicted octanol–water partition coefficient (Wildman–Crippen LogP) is 2.58. The van der Waals surface area contributed by atoms with Gasteiger partial charge in [-0.1, -0.05) is 11.6 Å². The van der Waals surface area contributed by atoms with Crippen molar-refractivity contribution < 1.29 is 9.53 Å². The SMILES string of the molecule is COc1c(C)cc(Cl)cc1CNC(=O)CCC#N. The fourth-order valence-electron chi connectivity index (χ4n) is 1.67. The van der Waals surface area contributed by atoms with Gasteiger partial charge >= 0.3 is 0 Å². The first-order valence-corrected chi connectivity index (χ1v) is 5.93. The van der Waals surface area contributed by atoms with Crippen molar-refractivity contribution in [2.24, 2.45) is 0 Å². The van der Waals surface area contributed by atoms with Crippen LogP contribution in [-0.2, 0) is 11.3 Å². The van der Waals surface area contributed by atoms with Crippen molar-refractivity contribution >= 4 is 17.5 Å². The van der Waals surface area contributed by atoms with Gasteiger partial charge in [0.2, 0.25) is 5.91 Å². The Morgan fingerprint density at radius 3 is 2.89 bits per heavy atom. The summed E-state index contributed by atoms with van der Waals surface area (Å²) in [5.74, 6) is 0.566. The number of hydrogen-bond donors (Lipinski definition) is 1. The van der Waals surface area contributed by atoms with Gasteiger partial charge in [0.1, 0.15) is 5.75 Å². The van der Waals surface area contributed by atoms with Crippen LogP contribution in [0.15, 0.2) is 12.1 Å². The zero-order chi connectivity index (χ0) is 13.5. The third-order valence-corrected chi connectivity index (χ3v) is 2.68. The van der Waals surface area contributed by atoms with E-state index in [4.69, 9.17) is 21.6 Å². The fourth-order valence-corrected chi connectivity index (χ4v) is 1.97. The second-order valence-corrected chi connectivity index (χ2v) is 4.29. The van der Waals surface area contributed by atoms with Crippen LogP contribution in [0.3, 0.4) is 0 Å². The van der Waals surface area contributed by atoms with Crippen molar-refractivity contribution in [2.75, 3.05) is 7.11 Å². The fraction of sp³-hybridized carbons (Fsp3) is 0.385. The van der Waals surface area contributed by atoms with Crippen LogP contribution in [0.25, 0.3) is 0 Å². The van der Waals surface area contributed by atoms with Crippen LogP contribution in [0.5, 0.6) is 5.75 Å². The van der Waals surface area contributed by atoms with Gasteiger partial charge in [-0.25, -0.2) is 0 Å². The van der Waals surface area contributed by atoms with Crippen molar-refractivity contribution in [3.8, 4) is 11.8 Å². The van der Waals surface area contributed by atoms with E-state index in [9.17, 15) is 4.79 Å². The Balaban J connectivity index is 2.72. The van der Waals surface area contributed by atoms with Gasteiger partial charge in [0, 0.05) is 30.0 Å². The Labute approximate surface area is 112 Å². The number of rotatable bonds is 5. The molecule has 1 amide bonds. The number of ether oxygens (including phenoxy) is 1. The van der Waals surface area contributed by atoms with Crippen molar-refractivity contribution in [3.63, 3.8) is 0 Å². The third-order valence-electron chi connectivity index (χ3n) is 2.46. The molecule has 0 aliphatic heterocycles. The molecule has 0 bridgehead atoms. The molecule has 0 aromatic heterocycles. The van der Waals surface area contributed by atoms with Gasteiger partial charge in [0.15, 0.2) is 0 Å². The molecule has 18 heavy (non-hydrogen) atoms. The first-order valence-electron chi connectivity index (χ1n) is 5.55. The van der Waals surface area contributed by atoms with E-state index in [0.717, 1.165) is 16.9 Å². The lowest BCUT2D eigenvalue weighted by molar-refractivity contribution is -0.121. The van der Waals surface area contributed by atoms with Crippen molar-refractivity contribution in [1.29, 1.82) is 5.26 Å². The van der Waals surface area contributed by atoms with E-state index < -0.39 is 0 Å². The molecule has 0 aliphatic rings. The summed E-state index contributed by atoms with van der Waals surface area (Å²) in [5, 5.41) is 11.7. The maximum atomic E-state index is 11.4. The largest absolute Gasteiger partial charge is 0.496 e. The highest BCUT2D eigenvalue weighted by Crippen LogP contribution is 2.27. The second-order valence-electron chi connectivity index (χ2n) is 3.85. The van der Waals surface area contributed by atoms with E-state index in [1.807, 2.05) is 13.0 Å². The maximum absolute atomic E-state index is 11.4. The number of nitrogens with one attached hydrogen (secondary N) is 1. The molecular weight excluding hydrogens is 252 g/mol. The highest BCUT2D eigenvalue weighted by Gasteiger charge is 2.09. The second kappa shape index (κ2) is 6.87. The van der Waals surface area contributed by atoms with E-state index >= 15 is 0 Å². The van der Waals surface area contributed by atoms with E-state index in [0.29, 0.717) is 11.6 Å². The minimum atomic E-state index is -0.156. The normalized spacial score (nSPS) is 9.67.